The molecular weight excluding hydrogens is 562 g/mol. The Labute approximate surface area is 287 Å². The zero-order chi connectivity index (χ0) is 32.6. The van der Waals surface area contributed by atoms with Crippen LogP contribution in [-0.2, 0) is 9.47 Å². The van der Waals surface area contributed by atoms with Crippen molar-refractivity contribution in [1.29, 1.82) is 0 Å². The van der Waals surface area contributed by atoms with E-state index in [1.54, 1.807) is 0 Å². The van der Waals surface area contributed by atoms with Gasteiger partial charge in [-0.1, -0.05) is 133 Å². The zero-order valence-corrected chi connectivity index (χ0v) is 30.9. The van der Waals surface area contributed by atoms with Crippen LogP contribution in [0.1, 0.15) is 187 Å². The Bertz CT molecular complexity index is 780. The van der Waals surface area contributed by atoms with Crippen LogP contribution >= 0.6 is 0 Å². The van der Waals surface area contributed by atoms with Crippen LogP contribution in [0.2, 0.25) is 0 Å². The molecule has 2 unspecified atom stereocenters. The van der Waals surface area contributed by atoms with Gasteiger partial charge in [0.25, 0.3) is 0 Å². The van der Waals surface area contributed by atoms with Crippen molar-refractivity contribution in [3.63, 3.8) is 0 Å². The van der Waals surface area contributed by atoms with Crippen LogP contribution < -0.4 is 0 Å². The van der Waals surface area contributed by atoms with Crippen LogP contribution in [0.25, 0.3) is 0 Å². The molecule has 0 aromatic carbocycles. The van der Waals surface area contributed by atoms with Crippen molar-refractivity contribution in [3.05, 3.63) is 48.6 Å². The molecule has 0 aromatic heterocycles. The minimum Gasteiger partial charge on any atom is -0.347 e. The molecule has 0 spiro atoms. The van der Waals surface area contributed by atoms with E-state index in [9.17, 15) is 0 Å². The highest BCUT2D eigenvalue weighted by atomic mass is 16.7. The first kappa shape index (κ1) is 41.0. The van der Waals surface area contributed by atoms with Gasteiger partial charge in [-0.15, -0.1) is 0 Å². The van der Waals surface area contributed by atoms with Crippen molar-refractivity contribution in [2.24, 2.45) is 0 Å². The quantitative estimate of drug-likeness (QED) is 0.0556. The number of unbranched alkanes of at least 4 members (excludes halogenated alkanes) is 17. The van der Waals surface area contributed by atoms with E-state index in [2.05, 4.69) is 67.4 Å². The van der Waals surface area contributed by atoms with Crippen molar-refractivity contribution in [1.82, 2.24) is 4.90 Å². The molecule has 0 bridgehead atoms. The van der Waals surface area contributed by atoms with E-state index in [1.807, 2.05) is 0 Å². The number of allylic oxidation sites excluding steroid dienone is 8. The summed E-state index contributed by atoms with van der Waals surface area (Å²) < 4.78 is 13.3. The van der Waals surface area contributed by atoms with Gasteiger partial charge in [0.1, 0.15) is 0 Å². The molecule has 3 nitrogen and oxygen atoms in total. The van der Waals surface area contributed by atoms with Crippen LogP contribution in [0.15, 0.2) is 48.6 Å². The van der Waals surface area contributed by atoms with Crippen molar-refractivity contribution in [2.45, 2.75) is 199 Å². The second kappa shape index (κ2) is 29.9. The Balaban J connectivity index is 1.54. The Morgan fingerprint density at radius 1 is 0.522 bits per heavy atom. The minimum absolute atomic E-state index is 0.265. The average Bonchev–Trinajstić information content (AvgIpc) is 3.73. The predicted octanol–water partition coefficient (Wildman–Crippen LogP) is 13.2. The summed E-state index contributed by atoms with van der Waals surface area (Å²) in [5, 5.41) is 0. The molecule has 2 aliphatic rings. The summed E-state index contributed by atoms with van der Waals surface area (Å²) in [7, 11) is 0. The Morgan fingerprint density at radius 3 is 1.39 bits per heavy atom. The number of rotatable bonds is 31. The molecule has 0 N–H and O–H groups in total. The minimum atomic E-state index is -0.313. The summed E-state index contributed by atoms with van der Waals surface area (Å²) in [6, 6.07) is 0. The van der Waals surface area contributed by atoms with Gasteiger partial charge >= 0.3 is 0 Å². The van der Waals surface area contributed by atoms with Crippen LogP contribution in [0.3, 0.4) is 0 Å². The van der Waals surface area contributed by atoms with E-state index in [0.717, 1.165) is 38.8 Å². The van der Waals surface area contributed by atoms with Crippen molar-refractivity contribution < 1.29 is 9.47 Å². The maximum absolute atomic E-state index is 6.76. The summed E-state index contributed by atoms with van der Waals surface area (Å²) in [5.74, 6) is -0.313. The highest BCUT2D eigenvalue weighted by Crippen LogP contribution is 2.35. The molecule has 2 rings (SSSR count). The van der Waals surface area contributed by atoms with Gasteiger partial charge in [-0.25, -0.2) is 0 Å². The van der Waals surface area contributed by atoms with Crippen LogP contribution in [0, 0.1) is 0 Å². The van der Waals surface area contributed by atoms with Crippen molar-refractivity contribution >= 4 is 0 Å². The molecule has 3 heteroatoms. The van der Waals surface area contributed by atoms with Gasteiger partial charge in [-0.3, -0.25) is 0 Å². The third kappa shape index (κ3) is 22.4. The molecule has 2 aliphatic heterocycles. The van der Waals surface area contributed by atoms with Gasteiger partial charge in [0.2, 0.25) is 0 Å². The molecule has 46 heavy (non-hydrogen) atoms. The average molecular weight is 640 g/mol. The molecule has 0 aromatic rings. The summed E-state index contributed by atoms with van der Waals surface area (Å²) in [6.45, 7) is 8.88. The molecule has 2 heterocycles. The SMILES string of the molecule is CCCCCC=CCC=CCCCCCCCCC1(CCCCCCCC=CCC=CCCCCC)OCC(CN2CCCC2)O1. The summed E-state index contributed by atoms with van der Waals surface area (Å²) >= 11 is 0. The highest BCUT2D eigenvalue weighted by molar-refractivity contribution is 4.93. The van der Waals surface area contributed by atoms with Gasteiger partial charge in [-0.2, -0.15) is 0 Å². The van der Waals surface area contributed by atoms with E-state index in [0.29, 0.717) is 0 Å². The fourth-order valence-corrected chi connectivity index (χ4v) is 6.94. The first-order chi connectivity index (χ1) is 22.8. The van der Waals surface area contributed by atoms with E-state index >= 15 is 0 Å². The first-order valence-electron chi connectivity index (χ1n) is 20.4. The van der Waals surface area contributed by atoms with Crippen LogP contribution in [0.4, 0.5) is 0 Å². The molecule has 0 radical (unpaired) electrons. The molecule has 2 saturated heterocycles. The molecule has 0 aliphatic carbocycles. The first-order valence-corrected chi connectivity index (χ1v) is 20.4. The Morgan fingerprint density at radius 2 is 0.935 bits per heavy atom. The number of likely N-dealkylation sites (tertiary alicyclic amines) is 1. The zero-order valence-electron chi connectivity index (χ0n) is 30.9. The number of ether oxygens (including phenoxy) is 2. The lowest BCUT2D eigenvalue weighted by Crippen LogP contribution is -2.35. The molecule has 2 atom stereocenters. The second-order valence-corrected chi connectivity index (χ2v) is 14.3. The van der Waals surface area contributed by atoms with E-state index in [-0.39, 0.29) is 11.9 Å². The van der Waals surface area contributed by atoms with E-state index in [4.69, 9.17) is 9.47 Å². The Hall–Kier alpha value is -1.16. The Kier molecular flexibility index (Phi) is 26.7. The fourth-order valence-electron chi connectivity index (χ4n) is 6.94. The summed E-state index contributed by atoms with van der Waals surface area (Å²) in [6.07, 6.45) is 53.6. The van der Waals surface area contributed by atoms with Crippen LogP contribution in [-0.4, -0.2) is 43.0 Å². The topological polar surface area (TPSA) is 21.7 Å². The standard InChI is InChI=1S/C43H77NO2/c1-3-5-7-9-11-13-15-17-19-21-23-25-27-29-31-33-37-43(45-41-42(46-43)40-44-38-34-35-39-44)36-32-30-28-26-24-22-20-18-16-14-12-10-8-6-4-2/h11-14,17-20,42H,3-10,15-16,21-41H2,1-2H3. The third-order valence-electron chi connectivity index (χ3n) is 9.84. The van der Waals surface area contributed by atoms with Gasteiger partial charge in [0.05, 0.1) is 12.7 Å². The fraction of sp³-hybridized carbons (Fsp3) is 0.814. The lowest BCUT2D eigenvalue weighted by Gasteiger charge is -2.29. The van der Waals surface area contributed by atoms with Gasteiger partial charge < -0.3 is 14.4 Å². The van der Waals surface area contributed by atoms with Gasteiger partial charge in [0, 0.05) is 19.4 Å². The lowest BCUT2D eigenvalue weighted by molar-refractivity contribution is -0.180. The predicted molar refractivity (Wildman–Crippen MR) is 203 cm³/mol. The summed E-state index contributed by atoms with van der Waals surface area (Å²) in [4.78, 5) is 2.59. The monoisotopic (exact) mass is 640 g/mol. The molecule has 266 valence electrons. The highest BCUT2D eigenvalue weighted by Gasteiger charge is 2.41. The van der Waals surface area contributed by atoms with Crippen LogP contribution in [0.5, 0.6) is 0 Å². The van der Waals surface area contributed by atoms with Crippen molar-refractivity contribution in [3.8, 4) is 0 Å². The largest absolute Gasteiger partial charge is 0.347 e. The van der Waals surface area contributed by atoms with Crippen molar-refractivity contribution in [2.75, 3.05) is 26.2 Å². The van der Waals surface area contributed by atoms with E-state index < -0.39 is 0 Å². The van der Waals surface area contributed by atoms with Gasteiger partial charge in [-0.05, 0) is 103 Å². The maximum Gasteiger partial charge on any atom is 0.168 e. The third-order valence-corrected chi connectivity index (χ3v) is 9.84. The molecule has 2 fully saturated rings. The number of nitrogens with zero attached hydrogens (tertiary/aromatic N) is 1. The molecule has 0 amide bonds. The lowest BCUT2D eigenvalue weighted by atomic mass is 9.98. The summed E-state index contributed by atoms with van der Waals surface area (Å²) in [5.41, 5.74) is 0. The van der Waals surface area contributed by atoms with Gasteiger partial charge in [0.15, 0.2) is 5.79 Å². The second-order valence-electron chi connectivity index (χ2n) is 14.3. The number of hydrogen-bond acceptors (Lipinski definition) is 3. The normalized spacial score (nSPS) is 21.0. The maximum atomic E-state index is 6.76. The smallest absolute Gasteiger partial charge is 0.168 e. The van der Waals surface area contributed by atoms with E-state index in [1.165, 1.54) is 161 Å². The molecular formula is C43H77NO2. The number of hydrogen-bond donors (Lipinski definition) is 0. The molecule has 0 saturated carbocycles.